The van der Waals surface area contributed by atoms with Gasteiger partial charge in [0.1, 0.15) is 0 Å². The standard InChI is InChI=1S/C17H24N2O6S/c1-12(2)9-18(14-6-7-26(23,24)11-14)17(20)10-25-16-5-4-13(3)8-15(16)19(21)22/h4-5,8,12,14H,6-7,9-11H2,1-3H3/t14-/m1/s1. The molecule has 0 spiro atoms. The third kappa shape index (κ3) is 5.17. The van der Waals surface area contributed by atoms with Crippen molar-refractivity contribution < 1.29 is 22.9 Å². The van der Waals surface area contributed by atoms with Crippen LogP contribution in [0, 0.1) is 23.0 Å². The fourth-order valence-electron chi connectivity index (χ4n) is 2.98. The first-order chi connectivity index (χ1) is 12.1. The molecule has 1 aromatic carbocycles. The van der Waals surface area contributed by atoms with Crippen LogP contribution in [0.2, 0.25) is 0 Å². The normalized spacial score (nSPS) is 18.7. The number of hydrogen-bond donors (Lipinski definition) is 0. The number of carbonyl (C=O) groups is 1. The van der Waals surface area contributed by atoms with E-state index in [1.807, 2.05) is 13.8 Å². The molecule has 1 aliphatic rings. The Hall–Kier alpha value is -2.16. The molecular weight excluding hydrogens is 360 g/mol. The van der Waals surface area contributed by atoms with Crippen LogP contribution in [0.4, 0.5) is 5.69 Å². The van der Waals surface area contributed by atoms with E-state index in [9.17, 15) is 23.3 Å². The van der Waals surface area contributed by atoms with Crippen LogP contribution in [-0.4, -0.2) is 54.8 Å². The van der Waals surface area contributed by atoms with Crippen molar-refractivity contribution in [2.45, 2.75) is 33.2 Å². The number of nitro groups is 1. The van der Waals surface area contributed by atoms with Crippen LogP contribution in [0.3, 0.4) is 0 Å². The minimum Gasteiger partial charge on any atom is -0.477 e. The van der Waals surface area contributed by atoms with Crippen molar-refractivity contribution in [1.82, 2.24) is 4.90 Å². The number of carbonyl (C=O) groups excluding carboxylic acids is 1. The summed E-state index contributed by atoms with van der Waals surface area (Å²) in [6.45, 7) is 5.66. The summed E-state index contributed by atoms with van der Waals surface area (Å²) in [4.78, 5) is 24.8. The summed E-state index contributed by atoms with van der Waals surface area (Å²) in [7, 11) is -3.12. The van der Waals surface area contributed by atoms with E-state index in [-0.39, 0.29) is 47.4 Å². The van der Waals surface area contributed by atoms with Crippen LogP contribution < -0.4 is 4.74 Å². The summed E-state index contributed by atoms with van der Waals surface area (Å²) in [5.41, 5.74) is 0.518. The Labute approximate surface area is 153 Å². The fraction of sp³-hybridized carbons (Fsp3) is 0.588. The zero-order chi connectivity index (χ0) is 19.5. The van der Waals surface area contributed by atoms with Crippen molar-refractivity contribution in [3.8, 4) is 5.75 Å². The molecule has 0 aromatic heterocycles. The lowest BCUT2D eigenvalue weighted by Gasteiger charge is -2.29. The van der Waals surface area contributed by atoms with Crippen molar-refractivity contribution in [2.75, 3.05) is 24.7 Å². The molecule has 1 amide bonds. The van der Waals surface area contributed by atoms with E-state index in [4.69, 9.17) is 4.74 Å². The molecule has 1 saturated heterocycles. The van der Waals surface area contributed by atoms with Gasteiger partial charge in [-0.3, -0.25) is 14.9 Å². The first kappa shape index (κ1) is 20.2. The molecule has 8 nitrogen and oxygen atoms in total. The number of aryl methyl sites for hydroxylation is 1. The van der Waals surface area contributed by atoms with E-state index < -0.39 is 14.8 Å². The Morgan fingerprint density at radius 3 is 2.65 bits per heavy atom. The summed E-state index contributed by atoms with van der Waals surface area (Å²) < 4.78 is 28.9. The minimum atomic E-state index is -3.12. The number of sulfone groups is 1. The van der Waals surface area contributed by atoms with Crippen LogP contribution in [0.5, 0.6) is 5.75 Å². The van der Waals surface area contributed by atoms with Gasteiger partial charge >= 0.3 is 5.69 Å². The lowest BCUT2D eigenvalue weighted by Crippen LogP contribution is -2.45. The number of nitro benzene ring substituents is 1. The van der Waals surface area contributed by atoms with Crippen LogP contribution >= 0.6 is 0 Å². The first-order valence-corrected chi connectivity index (χ1v) is 10.3. The second kappa shape index (κ2) is 8.03. The average molecular weight is 384 g/mol. The van der Waals surface area contributed by atoms with Gasteiger partial charge in [0.2, 0.25) is 0 Å². The molecule has 0 bridgehead atoms. The van der Waals surface area contributed by atoms with Gasteiger partial charge in [-0.25, -0.2) is 8.42 Å². The Balaban J connectivity index is 2.12. The Bertz CT molecular complexity index is 790. The second-order valence-corrected chi connectivity index (χ2v) is 9.24. The molecule has 1 fully saturated rings. The molecule has 0 aliphatic carbocycles. The Morgan fingerprint density at radius 1 is 1.42 bits per heavy atom. The monoisotopic (exact) mass is 384 g/mol. The van der Waals surface area contributed by atoms with Crippen molar-refractivity contribution in [3.05, 3.63) is 33.9 Å². The highest BCUT2D eigenvalue weighted by Crippen LogP contribution is 2.28. The van der Waals surface area contributed by atoms with Gasteiger partial charge < -0.3 is 9.64 Å². The van der Waals surface area contributed by atoms with Crippen molar-refractivity contribution in [3.63, 3.8) is 0 Å². The molecule has 0 N–H and O–H groups in total. The molecular formula is C17H24N2O6S. The SMILES string of the molecule is Cc1ccc(OCC(=O)N(CC(C)C)[C@@H]2CCS(=O)(=O)C2)c([N+](=O)[O-])c1. The maximum atomic E-state index is 12.6. The van der Waals surface area contributed by atoms with Crippen LogP contribution in [0.1, 0.15) is 25.8 Å². The zero-order valence-electron chi connectivity index (χ0n) is 15.2. The Morgan fingerprint density at radius 2 is 2.12 bits per heavy atom. The molecule has 1 atom stereocenters. The van der Waals surface area contributed by atoms with Gasteiger partial charge in [0.25, 0.3) is 5.91 Å². The highest BCUT2D eigenvalue weighted by atomic mass is 32.2. The molecule has 26 heavy (non-hydrogen) atoms. The second-order valence-electron chi connectivity index (χ2n) is 7.01. The van der Waals surface area contributed by atoms with Gasteiger partial charge in [-0.1, -0.05) is 19.9 Å². The molecule has 1 aromatic rings. The summed E-state index contributed by atoms with van der Waals surface area (Å²) in [6.07, 6.45) is 0.408. The highest BCUT2D eigenvalue weighted by Gasteiger charge is 2.35. The fourth-order valence-corrected chi connectivity index (χ4v) is 4.71. The highest BCUT2D eigenvalue weighted by molar-refractivity contribution is 7.91. The summed E-state index contributed by atoms with van der Waals surface area (Å²) in [6, 6.07) is 4.15. The molecule has 0 unspecified atom stereocenters. The average Bonchev–Trinajstić information content (AvgIpc) is 2.90. The summed E-state index contributed by atoms with van der Waals surface area (Å²) in [5.74, 6) is -0.149. The Kier molecular flexibility index (Phi) is 6.22. The lowest BCUT2D eigenvalue weighted by molar-refractivity contribution is -0.385. The molecule has 144 valence electrons. The van der Waals surface area contributed by atoms with Crippen LogP contribution in [0.25, 0.3) is 0 Å². The maximum absolute atomic E-state index is 12.6. The summed E-state index contributed by atoms with van der Waals surface area (Å²) >= 11 is 0. The number of amides is 1. The van der Waals surface area contributed by atoms with E-state index >= 15 is 0 Å². The van der Waals surface area contributed by atoms with Crippen LogP contribution in [0.15, 0.2) is 18.2 Å². The largest absolute Gasteiger partial charge is 0.477 e. The molecule has 1 heterocycles. The number of nitrogens with zero attached hydrogens (tertiary/aromatic N) is 2. The minimum absolute atomic E-state index is 0.0255. The van der Waals surface area contributed by atoms with E-state index in [0.717, 1.165) is 0 Å². The van der Waals surface area contributed by atoms with Gasteiger partial charge in [0.05, 0.1) is 16.4 Å². The molecule has 0 saturated carbocycles. The van der Waals surface area contributed by atoms with E-state index in [2.05, 4.69) is 0 Å². The van der Waals surface area contributed by atoms with Gasteiger partial charge in [0, 0.05) is 18.7 Å². The van der Waals surface area contributed by atoms with Gasteiger partial charge in [-0.2, -0.15) is 0 Å². The number of hydrogen-bond acceptors (Lipinski definition) is 6. The predicted molar refractivity (Wildman–Crippen MR) is 96.9 cm³/mol. The van der Waals surface area contributed by atoms with Crippen LogP contribution in [-0.2, 0) is 14.6 Å². The molecule has 1 aliphatic heterocycles. The smallest absolute Gasteiger partial charge is 0.311 e. The quantitative estimate of drug-likeness (QED) is 0.525. The van der Waals surface area contributed by atoms with E-state index in [0.29, 0.717) is 18.5 Å². The molecule has 9 heteroatoms. The lowest BCUT2D eigenvalue weighted by atomic mass is 10.1. The van der Waals surface area contributed by atoms with Gasteiger partial charge in [-0.05, 0) is 30.9 Å². The van der Waals surface area contributed by atoms with Crippen molar-refractivity contribution >= 4 is 21.4 Å². The number of rotatable bonds is 7. The van der Waals surface area contributed by atoms with Crippen molar-refractivity contribution in [2.24, 2.45) is 5.92 Å². The zero-order valence-corrected chi connectivity index (χ0v) is 16.0. The number of ether oxygens (including phenoxy) is 1. The van der Waals surface area contributed by atoms with Gasteiger partial charge in [0.15, 0.2) is 22.2 Å². The van der Waals surface area contributed by atoms with E-state index in [1.54, 1.807) is 13.0 Å². The number of benzene rings is 1. The molecule has 2 rings (SSSR count). The third-order valence-electron chi connectivity index (χ3n) is 4.19. The molecule has 0 radical (unpaired) electrons. The third-order valence-corrected chi connectivity index (χ3v) is 5.94. The maximum Gasteiger partial charge on any atom is 0.311 e. The van der Waals surface area contributed by atoms with E-state index in [1.165, 1.54) is 17.0 Å². The predicted octanol–water partition coefficient (Wildman–Crippen LogP) is 1.95. The first-order valence-electron chi connectivity index (χ1n) is 8.47. The van der Waals surface area contributed by atoms with Gasteiger partial charge in [-0.15, -0.1) is 0 Å². The van der Waals surface area contributed by atoms with Crippen molar-refractivity contribution in [1.29, 1.82) is 0 Å². The summed E-state index contributed by atoms with van der Waals surface area (Å²) in [5, 5.41) is 11.1. The topological polar surface area (TPSA) is 107 Å².